The van der Waals surface area contributed by atoms with Crippen molar-refractivity contribution in [1.29, 1.82) is 0 Å². The predicted molar refractivity (Wildman–Crippen MR) is 76.1 cm³/mol. The van der Waals surface area contributed by atoms with Crippen LogP contribution in [0.15, 0.2) is 36.9 Å². The molecule has 0 aromatic heterocycles. The molecule has 1 aromatic carbocycles. The van der Waals surface area contributed by atoms with E-state index in [0.29, 0.717) is 31.8 Å². The Morgan fingerprint density at radius 2 is 2.05 bits per heavy atom. The van der Waals surface area contributed by atoms with Crippen LogP contribution < -0.4 is 4.74 Å². The van der Waals surface area contributed by atoms with E-state index >= 15 is 0 Å². The minimum Gasteiger partial charge on any atom is -0.494 e. The third kappa shape index (κ3) is 5.87. The van der Waals surface area contributed by atoms with Crippen LogP contribution in [0.3, 0.4) is 0 Å². The quantitative estimate of drug-likeness (QED) is 0.510. The molecule has 0 saturated carbocycles. The zero-order valence-electron chi connectivity index (χ0n) is 11.8. The molecule has 0 amide bonds. The Balaban J connectivity index is 2.42. The summed E-state index contributed by atoms with van der Waals surface area (Å²) in [6.45, 7) is 6.22. The Kier molecular flexibility index (Phi) is 7.40. The summed E-state index contributed by atoms with van der Waals surface area (Å²) in [4.78, 5) is 11.8. The Labute approximate surface area is 119 Å². The van der Waals surface area contributed by atoms with Crippen LogP contribution >= 0.6 is 0 Å². The van der Waals surface area contributed by atoms with Gasteiger partial charge in [-0.2, -0.15) is 0 Å². The third-order valence-corrected chi connectivity index (χ3v) is 2.89. The number of hydrogen-bond donors (Lipinski definition) is 0. The summed E-state index contributed by atoms with van der Waals surface area (Å²) in [6.07, 6.45) is 3.83. The van der Waals surface area contributed by atoms with Gasteiger partial charge in [0.05, 0.1) is 19.1 Å². The summed E-state index contributed by atoms with van der Waals surface area (Å²) >= 11 is 0. The third-order valence-electron chi connectivity index (χ3n) is 2.89. The van der Waals surface area contributed by atoms with E-state index in [0.717, 1.165) is 6.42 Å². The van der Waals surface area contributed by atoms with Gasteiger partial charge in [-0.25, -0.2) is 4.39 Å². The molecule has 0 radical (unpaired) electrons. The van der Waals surface area contributed by atoms with E-state index in [2.05, 4.69) is 6.58 Å². The van der Waals surface area contributed by atoms with Crippen LogP contribution in [0.2, 0.25) is 0 Å². The fourth-order valence-corrected chi connectivity index (χ4v) is 1.81. The minimum absolute atomic E-state index is 0.187. The second kappa shape index (κ2) is 9.13. The molecule has 0 saturated heterocycles. The molecular formula is C16H21FO3. The molecule has 20 heavy (non-hydrogen) atoms. The number of esters is 1. The van der Waals surface area contributed by atoms with Gasteiger partial charge in [0.15, 0.2) is 0 Å². The molecule has 0 fully saturated rings. The average molecular weight is 280 g/mol. The zero-order chi connectivity index (χ0) is 14.8. The molecule has 4 heteroatoms. The highest BCUT2D eigenvalue weighted by atomic mass is 19.1. The van der Waals surface area contributed by atoms with Crippen molar-refractivity contribution in [3.05, 3.63) is 42.7 Å². The fraction of sp³-hybridized carbons (Fsp3) is 0.438. The van der Waals surface area contributed by atoms with Crippen molar-refractivity contribution in [2.75, 3.05) is 13.2 Å². The van der Waals surface area contributed by atoms with Crippen molar-refractivity contribution in [3.63, 3.8) is 0 Å². The van der Waals surface area contributed by atoms with Crippen molar-refractivity contribution in [2.24, 2.45) is 5.92 Å². The highest BCUT2D eigenvalue weighted by molar-refractivity contribution is 5.72. The number of benzene rings is 1. The molecule has 1 rings (SSSR count). The van der Waals surface area contributed by atoms with Gasteiger partial charge in [0, 0.05) is 0 Å². The molecule has 1 atom stereocenters. The summed E-state index contributed by atoms with van der Waals surface area (Å²) in [5.74, 6) is -0.0871. The second-order valence-corrected chi connectivity index (χ2v) is 4.41. The average Bonchev–Trinajstić information content (AvgIpc) is 2.44. The van der Waals surface area contributed by atoms with Gasteiger partial charge < -0.3 is 9.47 Å². The Morgan fingerprint density at radius 1 is 1.35 bits per heavy atom. The summed E-state index contributed by atoms with van der Waals surface area (Å²) in [6, 6.07) is 5.82. The zero-order valence-corrected chi connectivity index (χ0v) is 11.8. The van der Waals surface area contributed by atoms with Crippen LogP contribution in [-0.2, 0) is 9.53 Å². The molecule has 0 bridgehead atoms. The van der Waals surface area contributed by atoms with E-state index in [4.69, 9.17) is 9.47 Å². The Morgan fingerprint density at radius 3 is 2.65 bits per heavy atom. The van der Waals surface area contributed by atoms with E-state index in [1.54, 1.807) is 25.1 Å². The Bertz CT molecular complexity index is 414. The van der Waals surface area contributed by atoms with Gasteiger partial charge in [-0.15, -0.1) is 6.58 Å². The summed E-state index contributed by atoms with van der Waals surface area (Å²) in [5, 5.41) is 0. The molecule has 1 unspecified atom stereocenters. The van der Waals surface area contributed by atoms with Gasteiger partial charge in [-0.05, 0) is 50.5 Å². The van der Waals surface area contributed by atoms with E-state index in [9.17, 15) is 9.18 Å². The maximum Gasteiger partial charge on any atom is 0.309 e. The van der Waals surface area contributed by atoms with Crippen molar-refractivity contribution in [2.45, 2.75) is 26.2 Å². The normalized spacial score (nSPS) is 11.7. The lowest BCUT2D eigenvalue weighted by molar-refractivity contribution is -0.148. The topological polar surface area (TPSA) is 35.5 Å². The summed E-state index contributed by atoms with van der Waals surface area (Å²) < 4.78 is 23.3. The first-order chi connectivity index (χ1) is 9.67. The molecule has 0 aliphatic rings. The van der Waals surface area contributed by atoms with Crippen LogP contribution in [0.25, 0.3) is 0 Å². The van der Waals surface area contributed by atoms with Gasteiger partial charge >= 0.3 is 5.97 Å². The predicted octanol–water partition coefficient (Wildman–Crippen LogP) is 3.74. The maximum atomic E-state index is 12.7. The molecule has 0 aliphatic carbocycles. The van der Waals surface area contributed by atoms with E-state index in [-0.39, 0.29) is 17.7 Å². The van der Waals surface area contributed by atoms with Crippen molar-refractivity contribution in [1.82, 2.24) is 0 Å². The van der Waals surface area contributed by atoms with E-state index < -0.39 is 0 Å². The van der Waals surface area contributed by atoms with Gasteiger partial charge in [-0.3, -0.25) is 4.79 Å². The first-order valence-electron chi connectivity index (χ1n) is 6.83. The van der Waals surface area contributed by atoms with Gasteiger partial charge in [0.2, 0.25) is 0 Å². The number of allylic oxidation sites excluding steroid dienone is 1. The van der Waals surface area contributed by atoms with E-state index in [1.165, 1.54) is 12.1 Å². The highest BCUT2D eigenvalue weighted by Crippen LogP contribution is 2.16. The van der Waals surface area contributed by atoms with Crippen molar-refractivity contribution in [3.8, 4) is 5.75 Å². The number of carbonyl (C=O) groups is 1. The lowest BCUT2D eigenvalue weighted by atomic mass is 10.00. The molecule has 0 N–H and O–H groups in total. The van der Waals surface area contributed by atoms with Crippen LogP contribution in [0.1, 0.15) is 26.2 Å². The number of rotatable bonds is 9. The standard InChI is InChI=1S/C16H21FO3/c1-3-5-6-13(16(18)19-4-2)11-12-20-15-9-7-14(17)8-10-15/h3,7-10,13H,1,4-6,11-12H2,2H3. The monoisotopic (exact) mass is 280 g/mol. The largest absolute Gasteiger partial charge is 0.494 e. The molecule has 110 valence electrons. The first kappa shape index (κ1) is 16.2. The van der Waals surface area contributed by atoms with Crippen molar-refractivity contribution >= 4 is 5.97 Å². The molecule has 0 spiro atoms. The summed E-state index contributed by atoms with van der Waals surface area (Å²) in [5.41, 5.74) is 0. The maximum absolute atomic E-state index is 12.7. The first-order valence-corrected chi connectivity index (χ1v) is 6.83. The summed E-state index contributed by atoms with van der Waals surface area (Å²) in [7, 11) is 0. The number of carbonyl (C=O) groups excluding carboxylic acids is 1. The Hall–Kier alpha value is -1.84. The lowest BCUT2D eigenvalue weighted by Crippen LogP contribution is -2.20. The second-order valence-electron chi connectivity index (χ2n) is 4.41. The fourth-order valence-electron chi connectivity index (χ4n) is 1.81. The van der Waals surface area contributed by atoms with Crippen molar-refractivity contribution < 1.29 is 18.7 Å². The van der Waals surface area contributed by atoms with E-state index in [1.807, 2.05) is 0 Å². The molecule has 0 heterocycles. The smallest absolute Gasteiger partial charge is 0.309 e. The highest BCUT2D eigenvalue weighted by Gasteiger charge is 2.18. The number of hydrogen-bond acceptors (Lipinski definition) is 3. The molecular weight excluding hydrogens is 259 g/mol. The van der Waals surface area contributed by atoms with Crippen LogP contribution in [-0.4, -0.2) is 19.2 Å². The van der Waals surface area contributed by atoms with Crippen LogP contribution in [0.4, 0.5) is 4.39 Å². The minimum atomic E-state index is -0.298. The SMILES string of the molecule is C=CCCC(CCOc1ccc(F)cc1)C(=O)OCC. The molecule has 0 aliphatic heterocycles. The molecule has 1 aromatic rings. The van der Waals surface area contributed by atoms with Crippen LogP contribution in [0.5, 0.6) is 5.75 Å². The number of ether oxygens (including phenoxy) is 2. The molecule has 3 nitrogen and oxygen atoms in total. The van der Waals surface area contributed by atoms with Gasteiger partial charge in [0.25, 0.3) is 0 Å². The lowest BCUT2D eigenvalue weighted by Gasteiger charge is -2.15. The number of halogens is 1. The van der Waals surface area contributed by atoms with Gasteiger partial charge in [0.1, 0.15) is 11.6 Å². The van der Waals surface area contributed by atoms with Gasteiger partial charge in [-0.1, -0.05) is 6.08 Å². The van der Waals surface area contributed by atoms with Crippen LogP contribution in [0, 0.1) is 11.7 Å².